The molecule has 1 unspecified atom stereocenters. The van der Waals surface area contributed by atoms with E-state index in [9.17, 15) is 0 Å². The van der Waals surface area contributed by atoms with Crippen LogP contribution >= 0.6 is 11.6 Å². The third-order valence-corrected chi connectivity index (χ3v) is 3.09. The first-order chi connectivity index (χ1) is 7.63. The molecule has 0 spiro atoms. The number of aryl methyl sites for hydroxylation is 1. The molecule has 1 rings (SSSR count). The summed E-state index contributed by atoms with van der Waals surface area (Å²) >= 11 is 6.16. The lowest BCUT2D eigenvalue weighted by atomic mass is 10.1. The Kier molecular flexibility index (Phi) is 5.53. The van der Waals surface area contributed by atoms with Gasteiger partial charge in [-0.1, -0.05) is 27.2 Å². The van der Waals surface area contributed by atoms with E-state index in [-0.39, 0.29) is 5.38 Å². The van der Waals surface area contributed by atoms with Crippen LogP contribution in [0.25, 0.3) is 0 Å². The van der Waals surface area contributed by atoms with Gasteiger partial charge in [0.1, 0.15) is 12.1 Å². The van der Waals surface area contributed by atoms with Gasteiger partial charge in [0.25, 0.3) is 0 Å². The molecule has 1 atom stereocenters. The van der Waals surface area contributed by atoms with Crippen molar-refractivity contribution in [1.82, 2.24) is 9.97 Å². The summed E-state index contributed by atoms with van der Waals surface area (Å²) in [6.07, 6.45) is 3.69. The molecule has 1 N–H and O–H groups in total. The summed E-state index contributed by atoms with van der Waals surface area (Å²) < 4.78 is 0. The summed E-state index contributed by atoms with van der Waals surface area (Å²) in [5, 5.41) is 3.37. The quantitative estimate of drug-likeness (QED) is 0.778. The van der Waals surface area contributed by atoms with Crippen LogP contribution in [0.15, 0.2) is 12.4 Å². The Morgan fingerprint density at radius 2 is 2.12 bits per heavy atom. The van der Waals surface area contributed by atoms with E-state index >= 15 is 0 Å². The van der Waals surface area contributed by atoms with Crippen molar-refractivity contribution in [2.45, 2.75) is 39.0 Å². The SMILES string of the molecule is CCCc1cc(NCC(Cl)C(C)C)ncn1. The van der Waals surface area contributed by atoms with Crippen LogP contribution in [0.5, 0.6) is 0 Å². The normalized spacial score (nSPS) is 12.8. The van der Waals surface area contributed by atoms with Crippen LogP contribution in [-0.2, 0) is 6.42 Å². The predicted molar refractivity (Wildman–Crippen MR) is 69.0 cm³/mol. The molecule has 4 heteroatoms. The molecule has 0 aliphatic heterocycles. The van der Waals surface area contributed by atoms with Crippen molar-refractivity contribution in [3.8, 4) is 0 Å². The van der Waals surface area contributed by atoms with E-state index in [4.69, 9.17) is 11.6 Å². The number of aromatic nitrogens is 2. The van der Waals surface area contributed by atoms with Gasteiger partial charge in [-0.25, -0.2) is 9.97 Å². The highest BCUT2D eigenvalue weighted by Gasteiger charge is 2.09. The Morgan fingerprint density at radius 1 is 1.38 bits per heavy atom. The van der Waals surface area contributed by atoms with Crippen LogP contribution < -0.4 is 5.32 Å². The van der Waals surface area contributed by atoms with Crippen molar-refractivity contribution in [2.75, 3.05) is 11.9 Å². The van der Waals surface area contributed by atoms with E-state index in [2.05, 4.69) is 36.1 Å². The van der Waals surface area contributed by atoms with Crippen molar-refractivity contribution >= 4 is 17.4 Å². The van der Waals surface area contributed by atoms with Crippen LogP contribution in [-0.4, -0.2) is 21.9 Å². The number of hydrogen-bond acceptors (Lipinski definition) is 3. The fourth-order valence-corrected chi connectivity index (χ4v) is 1.40. The molecule has 0 radical (unpaired) electrons. The number of nitrogens with one attached hydrogen (secondary N) is 1. The molecule has 0 amide bonds. The summed E-state index contributed by atoms with van der Waals surface area (Å²) in [6.45, 7) is 7.11. The average molecular weight is 242 g/mol. The standard InChI is InChI=1S/C12H20ClN3/c1-4-5-10-6-12(16-8-15-10)14-7-11(13)9(2)3/h6,8-9,11H,4-5,7H2,1-3H3,(H,14,15,16). The highest BCUT2D eigenvalue weighted by atomic mass is 35.5. The van der Waals surface area contributed by atoms with Crippen molar-refractivity contribution in [2.24, 2.45) is 5.92 Å². The Labute approximate surface area is 103 Å². The van der Waals surface area contributed by atoms with Gasteiger partial charge in [-0.15, -0.1) is 11.6 Å². The summed E-state index contributed by atoms with van der Waals surface area (Å²) in [6, 6.07) is 1.99. The number of hydrogen-bond donors (Lipinski definition) is 1. The molecule has 1 aromatic heterocycles. The monoisotopic (exact) mass is 241 g/mol. The molecule has 3 nitrogen and oxygen atoms in total. The molecule has 0 saturated heterocycles. The molecular formula is C12H20ClN3. The number of nitrogens with zero attached hydrogens (tertiary/aromatic N) is 2. The lowest BCUT2D eigenvalue weighted by molar-refractivity contribution is 0.615. The van der Waals surface area contributed by atoms with Crippen molar-refractivity contribution < 1.29 is 0 Å². The third kappa shape index (κ3) is 4.35. The van der Waals surface area contributed by atoms with Gasteiger partial charge in [0, 0.05) is 18.3 Å². The Balaban J connectivity index is 2.50. The largest absolute Gasteiger partial charge is 0.368 e. The van der Waals surface area contributed by atoms with E-state index in [1.54, 1.807) is 6.33 Å². The zero-order valence-corrected chi connectivity index (χ0v) is 11.0. The van der Waals surface area contributed by atoms with Crippen LogP contribution in [0, 0.1) is 5.92 Å². The minimum absolute atomic E-state index is 0.129. The van der Waals surface area contributed by atoms with Gasteiger partial charge >= 0.3 is 0 Å². The molecule has 0 saturated carbocycles. The topological polar surface area (TPSA) is 37.8 Å². The van der Waals surface area contributed by atoms with Gasteiger partial charge in [0.05, 0.1) is 5.38 Å². The number of anilines is 1. The van der Waals surface area contributed by atoms with Crippen LogP contribution in [0.1, 0.15) is 32.9 Å². The fourth-order valence-electron chi connectivity index (χ4n) is 1.32. The summed E-state index contributed by atoms with van der Waals surface area (Å²) in [5.74, 6) is 1.33. The first kappa shape index (κ1) is 13.2. The molecule has 1 heterocycles. The lowest BCUT2D eigenvalue weighted by Crippen LogP contribution is -2.20. The average Bonchev–Trinajstić information content (AvgIpc) is 2.26. The van der Waals surface area contributed by atoms with E-state index in [0.29, 0.717) is 5.92 Å². The van der Waals surface area contributed by atoms with Crippen molar-refractivity contribution in [3.05, 3.63) is 18.1 Å². The third-order valence-electron chi connectivity index (χ3n) is 2.43. The van der Waals surface area contributed by atoms with Crippen LogP contribution in [0.4, 0.5) is 5.82 Å². The molecule has 0 aromatic carbocycles. The molecule has 0 aliphatic carbocycles. The second-order valence-electron chi connectivity index (χ2n) is 4.29. The van der Waals surface area contributed by atoms with E-state index in [1.165, 1.54) is 0 Å². The Bertz CT molecular complexity index is 315. The summed E-state index contributed by atoms with van der Waals surface area (Å²) in [4.78, 5) is 8.38. The van der Waals surface area contributed by atoms with Gasteiger partial charge in [-0.2, -0.15) is 0 Å². The maximum Gasteiger partial charge on any atom is 0.129 e. The van der Waals surface area contributed by atoms with E-state index in [0.717, 1.165) is 30.9 Å². The van der Waals surface area contributed by atoms with E-state index < -0.39 is 0 Å². The fraction of sp³-hybridized carbons (Fsp3) is 0.667. The van der Waals surface area contributed by atoms with Crippen LogP contribution in [0.2, 0.25) is 0 Å². The van der Waals surface area contributed by atoms with Gasteiger partial charge in [0.2, 0.25) is 0 Å². The second kappa shape index (κ2) is 6.69. The molecule has 0 fully saturated rings. The first-order valence-electron chi connectivity index (χ1n) is 5.82. The zero-order valence-electron chi connectivity index (χ0n) is 10.2. The lowest BCUT2D eigenvalue weighted by Gasteiger charge is -2.14. The minimum Gasteiger partial charge on any atom is -0.368 e. The summed E-state index contributed by atoms with van der Waals surface area (Å²) in [5.41, 5.74) is 1.08. The highest BCUT2D eigenvalue weighted by Crippen LogP contribution is 2.11. The smallest absolute Gasteiger partial charge is 0.129 e. The summed E-state index contributed by atoms with van der Waals surface area (Å²) in [7, 11) is 0. The predicted octanol–water partition coefficient (Wildman–Crippen LogP) is 3.10. The van der Waals surface area contributed by atoms with Gasteiger partial charge in [-0.3, -0.25) is 0 Å². The Morgan fingerprint density at radius 3 is 2.75 bits per heavy atom. The van der Waals surface area contributed by atoms with Gasteiger partial charge in [0.15, 0.2) is 0 Å². The maximum absolute atomic E-state index is 6.16. The van der Waals surface area contributed by atoms with Crippen LogP contribution in [0.3, 0.4) is 0 Å². The van der Waals surface area contributed by atoms with Crippen molar-refractivity contribution in [3.63, 3.8) is 0 Å². The number of rotatable bonds is 6. The molecule has 1 aromatic rings. The minimum atomic E-state index is 0.129. The second-order valence-corrected chi connectivity index (χ2v) is 4.85. The molecule has 90 valence electrons. The highest BCUT2D eigenvalue weighted by molar-refractivity contribution is 6.21. The molecule has 0 aliphatic rings. The first-order valence-corrected chi connectivity index (χ1v) is 6.26. The van der Waals surface area contributed by atoms with Gasteiger partial charge < -0.3 is 5.32 Å². The molecular weight excluding hydrogens is 222 g/mol. The molecule has 0 bridgehead atoms. The zero-order chi connectivity index (χ0) is 12.0. The number of halogens is 1. The number of alkyl halides is 1. The molecule has 16 heavy (non-hydrogen) atoms. The van der Waals surface area contributed by atoms with Gasteiger partial charge in [-0.05, 0) is 12.3 Å². The maximum atomic E-state index is 6.16. The Hall–Kier alpha value is -0.830. The van der Waals surface area contributed by atoms with Crippen molar-refractivity contribution in [1.29, 1.82) is 0 Å². The van der Waals surface area contributed by atoms with E-state index in [1.807, 2.05) is 6.07 Å².